The van der Waals surface area contributed by atoms with E-state index in [-0.39, 0.29) is 34.1 Å². The van der Waals surface area contributed by atoms with Crippen LogP contribution in [0.15, 0.2) is 457 Å². The minimum absolute atomic E-state index is 0. The van der Waals surface area contributed by atoms with Crippen LogP contribution in [0.4, 0.5) is 34.5 Å². The van der Waals surface area contributed by atoms with Crippen LogP contribution in [0, 0.1) is 0 Å². The fourth-order valence-corrected chi connectivity index (χ4v) is 24.5. The van der Waals surface area contributed by atoms with Crippen molar-refractivity contribution in [1.82, 2.24) is 19.9 Å². The molecule has 0 amide bonds. The van der Waals surface area contributed by atoms with Crippen LogP contribution in [0.1, 0.15) is 0 Å². The van der Waals surface area contributed by atoms with Gasteiger partial charge in [-0.3, -0.25) is 0 Å². The molecule has 0 saturated carbocycles. The summed E-state index contributed by atoms with van der Waals surface area (Å²) >= 11 is 0. The van der Waals surface area contributed by atoms with Gasteiger partial charge in [-0.1, -0.05) is 218 Å². The summed E-state index contributed by atoms with van der Waals surface area (Å²) in [4.78, 5) is 16.1. The first kappa shape index (κ1) is 91.4. The molecule has 16 rings (SSSR count). The second-order valence-corrected chi connectivity index (χ2v) is 37.3. The zero-order valence-corrected chi connectivity index (χ0v) is 70.1. The zero-order valence-electron chi connectivity index (χ0n) is 62.6. The first-order valence-corrected chi connectivity index (χ1v) is 44.7. The van der Waals surface area contributed by atoms with Crippen molar-refractivity contribution in [2.45, 2.75) is 20.1 Å². The Morgan fingerprint density at radius 2 is 0.339 bits per heavy atom. The van der Waals surface area contributed by atoms with Gasteiger partial charge in [0.25, 0.3) is 0 Å². The Hall–Kier alpha value is -10.5. The topological polar surface area (TPSA) is 104 Å². The Morgan fingerprint density at radius 3 is 0.483 bits per heavy atom. The Kier molecular flexibility index (Phi) is 37.0. The summed E-state index contributed by atoms with van der Waals surface area (Å²) in [6.07, 6.45) is 6.48. The van der Waals surface area contributed by atoms with Gasteiger partial charge in [0.1, 0.15) is 137 Å². The van der Waals surface area contributed by atoms with Gasteiger partial charge in [0.2, 0.25) is 0 Å². The number of benzene rings is 12. The van der Waals surface area contributed by atoms with E-state index in [4.69, 9.17) is 9.47 Å². The molecule has 0 fully saturated rings. The molecule has 0 unspecified atom stereocenters. The fourth-order valence-electron chi connectivity index (χ4n) is 12.1. The molecule has 0 radical (unpaired) electrons. The second kappa shape index (κ2) is 47.8. The van der Waals surface area contributed by atoms with Crippen LogP contribution < -0.4 is 73.1 Å². The third kappa shape index (κ3) is 28.4. The van der Waals surface area contributed by atoms with E-state index in [0.717, 1.165) is 23.0 Å². The number of hydrogen-bond acceptors (Lipinski definition) is 8. The Bertz CT molecular complexity index is 4790. The van der Waals surface area contributed by atoms with Crippen LogP contribution in [-0.4, -0.2) is 42.9 Å². The third-order valence-corrected chi connectivity index (χ3v) is 30.5. The van der Waals surface area contributed by atoms with Crippen molar-refractivity contribution in [3.8, 4) is 23.0 Å². The van der Waals surface area contributed by atoms with Gasteiger partial charge >= 0.3 is 48.6 Å². The van der Waals surface area contributed by atoms with E-state index < -0.39 is 67.8 Å². The second-order valence-electron chi connectivity index (χ2n) is 24.8. The van der Waals surface area contributed by atoms with Crippen molar-refractivity contribution in [2.24, 2.45) is 0 Å². The molecule has 118 heavy (non-hydrogen) atoms. The maximum Gasteiger partial charge on any atom is 1.00 e. The zero-order chi connectivity index (χ0) is 81.2. The molecule has 0 aliphatic rings. The molecule has 0 bridgehead atoms. The normalized spacial score (nSPS) is 10.8. The maximum atomic E-state index is 11.8. The standard InChI is InChI=1S/2C36H28OP2.2C10H8N2OS.2BF4.2Cu/c2*1-5-17-29(18-6-1)38(30-19-7-2-8-20-30)35-27-15-13-25-33(35)37-34-26-14-16-28-36(34)39(31-21-9-3-10-22-31)32-23-11-4-12-24-32;2*13-14(9-5-1-3-7-11-9)10-6-2-4-8-12-10;2*2-1(3,4)5;;/h2*1-28H;2*1-8H;;;;/q;;;;2*-1;2*+1/p+4. The number of aromatic nitrogens is 4. The average molecular weight is 1790 g/mol. The predicted molar refractivity (Wildman–Crippen MR) is 473 cm³/mol. The molecule has 0 N–H and O–H groups in total. The van der Waals surface area contributed by atoms with Crippen LogP contribution in [-0.2, 0) is 55.7 Å². The van der Waals surface area contributed by atoms with Gasteiger partial charge in [-0.25, -0.2) is 28.4 Å². The van der Waals surface area contributed by atoms with Crippen molar-refractivity contribution in [3.05, 3.63) is 437 Å². The van der Waals surface area contributed by atoms with Crippen molar-refractivity contribution in [3.63, 3.8) is 0 Å². The summed E-state index contributed by atoms with van der Waals surface area (Å²) in [7, 11) is -19.7. The minimum atomic E-state index is -6.00. The number of hydrogen-bond donors (Lipinski definition) is 0. The van der Waals surface area contributed by atoms with Crippen molar-refractivity contribution < 1.29 is 86.6 Å². The molecule has 12 aromatic carbocycles. The van der Waals surface area contributed by atoms with Gasteiger partial charge in [-0.05, 0) is 194 Å². The summed E-state index contributed by atoms with van der Waals surface area (Å²) in [6, 6.07) is 142. The summed E-state index contributed by atoms with van der Waals surface area (Å²) in [6.45, 7) is 0. The van der Waals surface area contributed by atoms with Gasteiger partial charge in [0, 0.05) is 24.8 Å². The minimum Gasteiger partial charge on any atom is -0.449 e. The van der Waals surface area contributed by atoms with Gasteiger partial charge in [0.05, 0.1) is 0 Å². The molecule has 0 aliphatic carbocycles. The number of para-hydroxylation sites is 4. The molecule has 0 aliphatic heterocycles. The van der Waals surface area contributed by atoms with E-state index in [1.54, 1.807) is 73.3 Å². The Labute approximate surface area is 712 Å². The van der Waals surface area contributed by atoms with Gasteiger partial charge in [0.15, 0.2) is 23.0 Å². The van der Waals surface area contributed by atoms with Crippen LogP contribution in [0.3, 0.4) is 0 Å². The predicted octanol–water partition coefficient (Wildman–Crippen LogP) is 18.8. The molecule has 26 heteroatoms. The summed E-state index contributed by atoms with van der Waals surface area (Å²) in [5, 5.41) is 17.9. The third-order valence-electron chi connectivity index (χ3n) is 16.9. The van der Waals surface area contributed by atoms with Crippen LogP contribution in [0.2, 0.25) is 0 Å². The number of halogens is 8. The molecule has 8 nitrogen and oxygen atoms in total. The maximum absolute atomic E-state index is 11.8. The Morgan fingerprint density at radius 1 is 0.203 bits per heavy atom. The molecule has 4 aromatic heterocycles. The smallest absolute Gasteiger partial charge is 0.449 e. The fraction of sp³-hybridized carbons (Fsp3) is 0. The number of ether oxygens (including phenoxy) is 2. The first-order valence-electron chi connectivity index (χ1n) is 36.4. The van der Waals surface area contributed by atoms with Crippen molar-refractivity contribution >= 4 is 131 Å². The number of nitrogens with zero attached hydrogens (tertiary/aromatic N) is 4. The molecule has 4 heterocycles. The van der Waals surface area contributed by atoms with Crippen molar-refractivity contribution in [2.75, 3.05) is 0 Å². The Balaban J connectivity index is 0.000000186. The molecular formula is C92H76B2Cu2F8N4O4P4S2+4. The van der Waals surface area contributed by atoms with E-state index >= 15 is 0 Å². The van der Waals surface area contributed by atoms with E-state index in [1.165, 1.54) is 63.7 Å². The van der Waals surface area contributed by atoms with E-state index in [9.17, 15) is 42.9 Å². The van der Waals surface area contributed by atoms with E-state index in [0.29, 0.717) is 20.1 Å². The van der Waals surface area contributed by atoms with Crippen LogP contribution >= 0.6 is 31.7 Å². The first-order chi connectivity index (χ1) is 56.5. The summed E-state index contributed by atoms with van der Waals surface area (Å²) in [5.41, 5.74) is 0. The molecule has 0 atom stereocenters. The largest absolute Gasteiger partial charge is 1.00 e. The average Bonchev–Trinajstić information content (AvgIpc) is 0.788. The molecular weight excluding hydrogens is 1710 g/mol. The molecule has 600 valence electrons. The van der Waals surface area contributed by atoms with E-state index in [1.807, 2.05) is 24.3 Å². The summed E-state index contributed by atoms with van der Waals surface area (Å²) in [5.74, 6) is 3.70. The number of rotatable bonds is 20. The van der Waals surface area contributed by atoms with Gasteiger partial charge < -0.3 is 44.0 Å². The van der Waals surface area contributed by atoms with Crippen molar-refractivity contribution in [1.29, 1.82) is 0 Å². The molecule has 0 saturated heterocycles. The molecule has 0 spiro atoms. The summed E-state index contributed by atoms with van der Waals surface area (Å²) < 4.78 is 116. The monoisotopic (exact) mass is 1790 g/mol. The quantitative estimate of drug-likeness (QED) is 0.0422. The van der Waals surface area contributed by atoms with Gasteiger partial charge in [-0.15, -0.1) is 0 Å². The van der Waals surface area contributed by atoms with E-state index in [2.05, 4.69) is 360 Å². The van der Waals surface area contributed by atoms with Crippen LogP contribution in [0.5, 0.6) is 23.0 Å². The molecule has 16 aromatic rings. The van der Waals surface area contributed by atoms with Crippen LogP contribution in [0.25, 0.3) is 0 Å². The SMILES string of the molecule is F[B-](F)(F)F.F[B-](F)(F)F.O=S(c1ccccn1)c1ccccn1.O=S(c1ccccn1)c1ccccn1.[Cu+].[Cu+].c1ccc([PH+](c2ccccc2)c2ccccc2Oc2ccccc2[PH+](c2ccccc2)c2ccccc2)cc1.c1ccc([PH+](c2ccccc2)c2ccccc2Oc2ccccc2[PH+](c2ccccc2)c2ccccc2)cc1. The number of pyridine rings is 4. The van der Waals surface area contributed by atoms with Gasteiger partial charge in [-0.2, -0.15) is 0 Å².